The van der Waals surface area contributed by atoms with E-state index < -0.39 is 0 Å². The zero-order valence-corrected chi connectivity index (χ0v) is 13.1. The van der Waals surface area contributed by atoms with Crippen LogP contribution in [0, 0.1) is 5.82 Å². The van der Waals surface area contributed by atoms with Gasteiger partial charge in [0.2, 0.25) is 0 Å². The van der Waals surface area contributed by atoms with E-state index in [-0.39, 0.29) is 11.9 Å². The molecule has 20 heavy (non-hydrogen) atoms. The van der Waals surface area contributed by atoms with Crippen molar-refractivity contribution < 1.29 is 4.39 Å². The highest BCUT2D eigenvalue weighted by Crippen LogP contribution is 2.19. The van der Waals surface area contributed by atoms with Crippen molar-refractivity contribution in [1.82, 2.24) is 10.2 Å². The first-order valence-corrected chi connectivity index (χ1v) is 8.74. The van der Waals surface area contributed by atoms with E-state index >= 15 is 0 Å². The minimum Gasteiger partial charge on any atom is -0.310 e. The predicted octanol–water partition coefficient (Wildman–Crippen LogP) is 3.31. The van der Waals surface area contributed by atoms with Crippen molar-refractivity contribution in [2.75, 3.05) is 37.7 Å². The van der Waals surface area contributed by atoms with Crippen LogP contribution in [0.1, 0.15) is 31.4 Å². The topological polar surface area (TPSA) is 15.3 Å². The Bertz CT molecular complexity index is 392. The standard InChI is InChI=1S/C16H25FN2S/c1-2-18-16(14-5-3-6-15(17)13-14)7-9-19-8-4-11-20-12-10-19/h3,5-6,13,16,18H,2,4,7-12H2,1H3. The molecule has 2 rings (SSSR count). The van der Waals surface area contributed by atoms with Gasteiger partial charge in [-0.25, -0.2) is 4.39 Å². The molecule has 0 amide bonds. The molecule has 0 aliphatic carbocycles. The van der Waals surface area contributed by atoms with Crippen LogP contribution in [0.25, 0.3) is 0 Å². The van der Waals surface area contributed by atoms with E-state index in [1.165, 1.54) is 37.1 Å². The van der Waals surface area contributed by atoms with Crippen LogP contribution < -0.4 is 5.32 Å². The maximum Gasteiger partial charge on any atom is 0.123 e. The lowest BCUT2D eigenvalue weighted by Gasteiger charge is -2.24. The second kappa shape index (κ2) is 8.65. The monoisotopic (exact) mass is 296 g/mol. The number of nitrogens with zero attached hydrogens (tertiary/aromatic N) is 1. The summed E-state index contributed by atoms with van der Waals surface area (Å²) >= 11 is 2.06. The van der Waals surface area contributed by atoms with E-state index in [9.17, 15) is 4.39 Å². The molecule has 0 radical (unpaired) electrons. The lowest BCUT2D eigenvalue weighted by Crippen LogP contribution is -2.31. The van der Waals surface area contributed by atoms with E-state index in [1.807, 2.05) is 6.07 Å². The maximum atomic E-state index is 13.4. The molecule has 1 unspecified atom stereocenters. The normalized spacial score (nSPS) is 18.7. The van der Waals surface area contributed by atoms with Crippen LogP contribution in [0.2, 0.25) is 0 Å². The fraction of sp³-hybridized carbons (Fsp3) is 0.625. The van der Waals surface area contributed by atoms with Crippen LogP contribution >= 0.6 is 11.8 Å². The van der Waals surface area contributed by atoms with Gasteiger partial charge in [0.05, 0.1) is 0 Å². The number of hydrogen-bond donors (Lipinski definition) is 1. The highest BCUT2D eigenvalue weighted by Gasteiger charge is 2.14. The molecule has 0 saturated carbocycles. The quantitative estimate of drug-likeness (QED) is 0.867. The van der Waals surface area contributed by atoms with Crippen LogP contribution in [-0.2, 0) is 0 Å². The minimum absolute atomic E-state index is 0.142. The molecular formula is C16H25FN2S. The summed E-state index contributed by atoms with van der Waals surface area (Å²) in [5, 5.41) is 3.48. The largest absolute Gasteiger partial charge is 0.310 e. The zero-order valence-electron chi connectivity index (χ0n) is 12.3. The van der Waals surface area contributed by atoms with Crippen LogP contribution in [0.5, 0.6) is 0 Å². The second-order valence-corrected chi connectivity index (χ2v) is 6.49. The van der Waals surface area contributed by atoms with E-state index in [2.05, 4.69) is 28.9 Å². The van der Waals surface area contributed by atoms with Crippen molar-refractivity contribution in [3.8, 4) is 0 Å². The first-order chi connectivity index (χ1) is 9.79. The third kappa shape index (κ3) is 5.08. The van der Waals surface area contributed by atoms with Crippen LogP contribution in [0.4, 0.5) is 4.39 Å². The van der Waals surface area contributed by atoms with Crippen molar-refractivity contribution in [2.45, 2.75) is 25.8 Å². The molecule has 1 heterocycles. The summed E-state index contributed by atoms with van der Waals surface area (Å²) in [5.74, 6) is 2.39. The Labute approximate surface area is 126 Å². The molecule has 1 aromatic rings. The van der Waals surface area contributed by atoms with E-state index in [4.69, 9.17) is 0 Å². The van der Waals surface area contributed by atoms with Crippen LogP contribution in [0.3, 0.4) is 0 Å². The van der Waals surface area contributed by atoms with Gasteiger partial charge < -0.3 is 10.2 Å². The molecule has 112 valence electrons. The summed E-state index contributed by atoms with van der Waals surface area (Å²) in [6.45, 7) is 6.50. The van der Waals surface area contributed by atoms with Gasteiger partial charge in [-0.3, -0.25) is 0 Å². The lowest BCUT2D eigenvalue weighted by atomic mass is 10.0. The SMILES string of the molecule is CCNC(CCN1CCCSCC1)c1cccc(F)c1. The molecule has 0 aromatic heterocycles. The molecule has 1 N–H and O–H groups in total. The maximum absolute atomic E-state index is 13.4. The molecule has 1 fully saturated rings. The van der Waals surface area contributed by atoms with Gasteiger partial charge in [0.25, 0.3) is 0 Å². The number of hydrogen-bond acceptors (Lipinski definition) is 3. The number of halogens is 1. The van der Waals surface area contributed by atoms with Gasteiger partial charge in [-0.1, -0.05) is 19.1 Å². The Hall–Kier alpha value is -0.580. The van der Waals surface area contributed by atoms with Crippen LogP contribution in [-0.4, -0.2) is 42.6 Å². The molecule has 1 aliphatic rings. The highest BCUT2D eigenvalue weighted by atomic mass is 32.2. The summed E-state index contributed by atoms with van der Waals surface area (Å²) < 4.78 is 13.4. The third-order valence-corrected chi connectivity index (χ3v) is 4.80. The first-order valence-electron chi connectivity index (χ1n) is 7.58. The number of rotatable bonds is 6. The first kappa shape index (κ1) is 15.8. The van der Waals surface area contributed by atoms with Gasteiger partial charge in [0.15, 0.2) is 0 Å². The fourth-order valence-corrected chi connectivity index (χ4v) is 3.61. The van der Waals surface area contributed by atoms with E-state index in [1.54, 1.807) is 12.1 Å². The van der Waals surface area contributed by atoms with Crippen molar-refractivity contribution in [2.24, 2.45) is 0 Å². The molecule has 1 saturated heterocycles. The summed E-state index contributed by atoms with van der Waals surface area (Å²) in [6, 6.07) is 7.25. The van der Waals surface area contributed by atoms with Crippen molar-refractivity contribution in [3.63, 3.8) is 0 Å². The Morgan fingerprint density at radius 2 is 2.25 bits per heavy atom. The molecule has 1 atom stereocenters. The predicted molar refractivity (Wildman–Crippen MR) is 85.8 cm³/mol. The Kier molecular flexibility index (Phi) is 6.83. The van der Waals surface area contributed by atoms with Crippen LogP contribution in [0.15, 0.2) is 24.3 Å². The van der Waals surface area contributed by atoms with Crippen molar-refractivity contribution >= 4 is 11.8 Å². The Morgan fingerprint density at radius 1 is 1.35 bits per heavy atom. The Balaban J connectivity index is 1.91. The molecule has 2 nitrogen and oxygen atoms in total. The van der Waals surface area contributed by atoms with Crippen molar-refractivity contribution in [3.05, 3.63) is 35.6 Å². The number of nitrogens with one attached hydrogen (secondary N) is 1. The molecule has 1 aromatic carbocycles. The third-order valence-electron chi connectivity index (χ3n) is 3.75. The average molecular weight is 296 g/mol. The molecule has 0 bridgehead atoms. The lowest BCUT2D eigenvalue weighted by molar-refractivity contribution is 0.275. The van der Waals surface area contributed by atoms with Gasteiger partial charge in [0, 0.05) is 18.3 Å². The van der Waals surface area contributed by atoms with Gasteiger partial charge in [-0.15, -0.1) is 0 Å². The average Bonchev–Trinajstić information content (AvgIpc) is 2.72. The van der Waals surface area contributed by atoms with Gasteiger partial charge >= 0.3 is 0 Å². The molecule has 4 heteroatoms. The fourth-order valence-electron chi connectivity index (χ4n) is 2.69. The van der Waals surface area contributed by atoms with E-state index in [0.29, 0.717) is 0 Å². The highest BCUT2D eigenvalue weighted by molar-refractivity contribution is 7.99. The Morgan fingerprint density at radius 3 is 3.05 bits per heavy atom. The zero-order chi connectivity index (χ0) is 14.2. The molecule has 0 spiro atoms. The summed E-state index contributed by atoms with van der Waals surface area (Å²) in [6.07, 6.45) is 2.33. The molecule has 1 aliphatic heterocycles. The van der Waals surface area contributed by atoms with E-state index in [0.717, 1.165) is 25.1 Å². The van der Waals surface area contributed by atoms with Crippen molar-refractivity contribution in [1.29, 1.82) is 0 Å². The second-order valence-electron chi connectivity index (χ2n) is 5.26. The summed E-state index contributed by atoms with van der Waals surface area (Å²) in [4.78, 5) is 2.55. The van der Waals surface area contributed by atoms with Gasteiger partial charge in [0.1, 0.15) is 5.82 Å². The smallest absolute Gasteiger partial charge is 0.123 e. The number of thioether (sulfide) groups is 1. The number of benzene rings is 1. The minimum atomic E-state index is -0.142. The van der Waals surface area contributed by atoms with Gasteiger partial charge in [-0.05, 0) is 55.9 Å². The summed E-state index contributed by atoms with van der Waals surface area (Å²) in [5.41, 5.74) is 1.07. The van der Waals surface area contributed by atoms with Gasteiger partial charge in [-0.2, -0.15) is 11.8 Å². The molecular weight excluding hydrogens is 271 g/mol. The summed E-state index contributed by atoms with van der Waals surface area (Å²) in [7, 11) is 0.